The highest BCUT2D eigenvalue weighted by Gasteiger charge is 2.27. The Kier molecular flexibility index (Phi) is 4.67. The van der Waals surface area contributed by atoms with Crippen LogP contribution in [0.4, 0.5) is 11.4 Å². The summed E-state index contributed by atoms with van der Waals surface area (Å²) in [7, 11) is -3.28. The van der Waals surface area contributed by atoms with Crippen LogP contribution in [0.5, 0.6) is 0 Å². The molecule has 2 aromatic rings. The Bertz CT molecular complexity index is 981. The highest BCUT2D eigenvalue weighted by atomic mass is 32.2. The number of fused-ring (bicyclic) bond motifs is 2. The molecule has 0 saturated heterocycles. The number of carbonyl (C=O) groups excluding carboxylic acids is 1. The predicted molar refractivity (Wildman–Crippen MR) is 105 cm³/mol. The summed E-state index contributed by atoms with van der Waals surface area (Å²) in [5.74, 6) is -0.141. The fourth-order valence-corrected chi connectivity index (χ4v) is 5.14. The first-order valence-corrected chi connectivity index (χ1v) is 11.1. The second kappa shape index (κ2) is 6.99. The quantitative estimate of drug-likeness (QED) is 0.842. The number of sulfonamides is 1. The molecule has 7 nitrogen and oxygen atoms in total. The summed E-state index contributed by atoms with van der Waals surface area (Å²) in [6, 6.07) is 5.43. The number of amides is 1. The molecule has 0 radical (unpaired) electrons. The minimum absolute atomic E-state index is 0.0786. The number of benzene rings is 1. The van der Waals surface area contributed by atoms with Crippen molar-refractivity contribution in [2.75, 3.05) is 21.9 Å². The molecule has 1 aromatic carbocycles. The summed E-state index contributed by atoms with van der Waals surface area (Å²) in [5.41, 5.74) is 4.90. The van der Waals surface area contributed by atoms with E-state index in [1.54, 1.807) is 19.1 Å². The highest BCUT2D eigenvalue weighted by Crippen LogP contribution is 2.32. The fourth-order valence-electron chi connectivity index (χ4n) is 3.94. The topological polar surface area (TPSA) is 95.2 Å². The summed E-state index contributed by atoms with van der Waals surface area (Å²) in [5, 5.41) is 10.1. The number of hydrogen-bond acceptors (Lipinski definition) is 4. The third-order valence-electron chi connectivity index (χ3n) is 5.39. The maximum absolute atomic E-state index is 12.7. The molecule has 0 fully saturated rings. The molecule has 0 unspecified atom stereocenters. The number of rotatable bonds is 4. The van der Waals surface area contributed by atoms with E-state index in [0.29, 0.717) is 17.9 Å². The molecule has 1 aliphatic heterocycles. The van der Waals surface area contributed by atoms with E-state index < -0.39 is 10.0 Å². The zero-order valence-corrected chi connectivity index (χ0v) is 16.2. The van der Waals surface area contributed by atoms with Crippen molar-refractivity contribution in [3.05, 3.63) is 40.7 Å². The van der Waals surface area contributed by atoms with E-state index in [9.17, 15) is 13.2 Å². The lowest BCUT2D eigenvalue weighted by Crippen LogP contribution is -2.36. The number of nitrogens with zero attached hydrogens (tertiary/aromatic N) is 2. The van der Waals surface area contributed by atoms with Crippen LogP contribution in [0.3, 0.4) is 0 Å². The molecule has 2 aliphatic rings. The van der Waals surface area contributed by atoms with Gasteiger partial charge >= 0.3 is 0 Å². The van der Waals surface area contributed by atoms with Crippen LogP contribution >= 0.6 is 0 Å². The molecular weight excluding hydrogens is 364 g/mol. The molecule has 0 saturated carbocycles. The standard InChI is InChI=1S/C19H24N4O3S/c1-2-27(25,26)23-11-5-6-13-12-14(9-10-17(13)23)20-19(24)18-15-7-3-4-8-16(15)21-22-18/h9-10,12H,2-8,11H2,1H3,(H,20,24)(H,21,22). The van der Waals surface area contributed by atoms with Crippen molar-refractivity contribution in [3.8, 4) is 0 Å². The smallest absolute Gasteiger partial charge is 0.276 e. The van der Waals surface area contributed by atoms with Crippen molar-refractivity contribution in [1.29, 1.82) is 0 Å². The van der Waals surface area contributed by atoms with Crippen molar-refractivity contribution in [3.63, 3.8) is 0 Å². The van der Waals surface area contributed by atoms with Gasteiger partial charge in [-0.2, -0.15) is 5.10 Å². The maximum atomic E-state index is 12.7. The van der Waals surface area contributed by atoms with Crippen LogP contribution in [-0.2, 0) is 29.3 Å². The van der Waals surface area contributed by atoms with Gasteiger partial charge in [0.15, 0.2) is 5.69 Å². The fraction of sp³-hybridized carbons (Fsp3) is 0.474. The molecule has 2 heterocycles. The zero-order valence-electron chi connectivity index (χ0n) is 15.4. The number of aryl methyl sites for hydroxylation is 2. The predicted octanol–water partition coefficient (Wildman–Crippen LogP) is 2.64. The second-order valence-electron chi connectivity index (χ2n) is 7.11. The van der Waals surface area contributed by atoms with Crippen molar-refractivity contribution in [1.82, 2.24) is 10.2 Å². The molecule has 0 bridgehead atoms. The van der Waals surface area contributed by atoms with Crippen LogP contribution in [0.25, 0.3) is 0 Å². The van der Waals surface area contributed by atoms with E-state index in [4.69, 9.17) is 0 Å². The first-order chi connectivity index (χ1) is 13.0. The highest BCUT2D eigenvalue weighted by molar-refractivity contribution is 7.92. The van der Waals surface area contributed by atoms with E-state index in [1.807, 2.05) is 6.07 Å². The Labute approximate surface area is 159 Å². The molecule has 1 aliphatic carbocycles. The summed E-state index contributed by atoms with van der Waals surface area (Å²) in [4.78, 5) is 12.7. The van der Waals surface area contributed by atoms with Gasteiger partial charge in [-0.3, -0.25) is 14.2 Å². The van der Waals surface area contributed by atoms with Gasteiger partial charge in [-0.1, -0.05) is 0 Å². The van der Waals surface area contributed by atoms with Crippen LogP contribution in [0.2, 0.25) is 0 Å². The molecule has 144 valence electrons. The minimum Gasteiger partial charge on any atom is -0.321 e. The van der Waals surface area contributed by atoms with Gasteiger partial charge in [-0.25, -0.2) is 8.42 Å². The first-order valence-electron chi connectivity index (χ1n) is 9.50. The lowest BCUT2D eigenvalue weighted by atomic mass is 9.95. The van der Waals surface area contributed by atoms with Crippen LogP contribution in [0.15, 0.2) is 18.2 Å². The molecular formula is C19H24N4O3S. The van der Waals surface area contributed by atoms with Crippen LogP contribution in [0, 0.1) is 0 Å². The van der Waals surface area contributed by atoms with Gasteiger partial charge in [0.1, 0.15) is 0 Å². The van der Waals surface area contributed by atoms with Gasteiger partial charge in [0, 0.05) is 23.5 Å². The maximum Gasteiger partial charge on any atom is 0.276 e. The Balaban J connectivity index is 1.58. The number of anilines is 2. The van der Waals surface area contributed by atoms with Crippen molar-refractivity contribution in [2.24, 2.45) is 0 Å². The van der Waals surface area contributed by atoms with Gasteiger partial charge in [0.2, 0.25) is 10.0 Å². The average Bonchev–Trinajstić information content (AvgIpc) is 3.11. The number of hydrogen-bond donors (Lipinski definition) is 2. The third kappa shape index (κ3) is 3.34. The first kappa shape index (κ1) is 18.0. The van der Waals surface area contributed by atoms with Crippen molar-refractivity contribution in [2.45, 2.75) is 45.4 Å². The van der Waals surface area contributed by atoms with Gasteiger partial charge in [-0.05, 0) is 69.2 Å². The Morgan fingerprint density at radius 1 is 1.22 bits per heavy atom. The van der Waals surface area contributed by atoms with Crippen LogP contribution < -0.4 is 9.62 Å². The number of nitrogens with one attached hydrogen (secondary N) is 2. The molecule has 0 atom stereocenters. The largest absolute Gasteiger partial charge is 0.321 e. The SMILES string of the molecule is CCS(=O)(=O)N1CCCc2cc(NC(=O)c3n[nH]c4c3CCCC4)ccc21. The Hall–Kier alpha value is -2.35. The van der Waals surface area contributed by atoms with E-state index in [2.05, 4.69) is 15.5 Å². The summed E-state index contributed by atoms with van der Waals surface area (Å²) < 4.78 is 26.1. The second-order valence-corrected chi connectivity index (χ2v) is 9.29. The lowest BCUT2D eigenvalue weighted by molar-refractivity contribution is 0.102. The molecule has 1 amide bonds. The van der Waals surface area contributed by atoms with Gasteiger partial charge in [0.05, 0.1) is 11.4 Å². The summed E-state index contributed by atoms with van der Waals surface area (Å²) >= 11 is 0. The zero-order chi connectivity index (χ0) is 19.0. The normalized spacial score (nSPS) is 16.6. The van der Waals surface area contributed by atoms with Crippen molar-refractivity contribution >= 4 is 27.3 Å². The Morgan fingerprint density at radius 3 is 2.85 bits per heavy atom. The molecule has 27 heavy (non-hydrogen) atoms. The van der Waals surface area contributed by atoms with E-state index in [-0.39, 0.29) is 11.7 Å². The van der Waals surface area contributed by atoms with E-state index in [1.165, 1.54) is 4.31 Å². The minimum atomic E-state index is -3.28. The van der Waals surface area contributed by atoms with Crippen molar-refractivity contribution < 1.29 is 13.2 Å². The summed E-state index contributed by atoms with van der Waals surface area (Å²) in [6.45, 7) is 2.16. The molecule has 2 N–H and O–H groups in total. The van der Waals surface area contributed by atoms with E-state index >= 15 is 0 Å². The lowest BCUT2D eigenvalue weighted by Gasteiger charge is -2.30. The van der Waals surface area contributed by atoms with Crippen LogP contribution in [0.1, 0.15) is 53.5 Å². The van der Waals surface area contributed by atoms with Gasteiger partial charge < -0.3 is 5.32 Å². The average molecular weight is 388 g/mol. The number of aromatic amines is 1. The number of carbonyl (C=O) groups is 1. The van der Waals surface area contributed by atoms with E-state index in [0.717, 1.165) is 61.0 Å². The summed E-state index contributed by atoms with van der Waals surface area (Å²) in [6.07, 6.45) is 5.59. The molecule has 4 rings (SSSR count). The molecule has 8 heteroatoms. The molecule has 1 aromatic heterocycles. The number of aromatic nitrogens is 2. The Morgan fingerprint density at radius 2 is 2.04 bits per heavy atom. The molecule has 0 spiro atoms. The number of H-pyrrole nitrogens is 1. The van der Waals surface area contributed by atoms with Gasteiger partial charge in [0.25, 0.3) is 5.91 Å². The third-order valence-corrected chi connectivity index (χ3v) is 7.17. The monoisotopic (exact) mass is 388 g/mol. The van der Waals surface area contributed by atoms with Crippen LogP contribution in [-0.4, -0.2) is 36.8 Å². The van der Waals surface area contributed by atoms with Gasteiger partial charge in [-0.15, -0.1) is 0 Å².